The summed E-state index contributed by atoms with van der Waals surface area (Å²) in [7, 11) is 1.34. The van der Waals surface area contributed by atoms with Crippen LogP contribution in [0.3, 0.4) is 0 Å². The molecule has 0 atom stereocenters. The summed E-state index contributed by atoms with van der Waals surface area (Å²) >= 11 is 0. The summed E-state index contributed by atoms with van der Waals surface area (Å²) < 4.78 is 4.74. The quantitative estimate of drug-likeness (QED) is 0.868. The van der Waals surface area contributed by atoms with Gasteiger partial charge in [-0.3, -0.25) is 0 Å². The first kappa shape index (κ1) is 13.8. The van der Waals surface area contributed by atoms with Crippen molar-refractivity contribution in [3.8, 4) is 0 Å². The molecule has 0 aliphatic heterocycles. The molecule has 0 bridgehead atoms. The summed E-state index contributed by atoms with van der Waals surface area (Å²) in [5, 5.41) is 8.98. The Hall–Kier alpha value is -2.62. The van der Waals surface area contributed by atoms with Crippen LogP contribution in [0.1, 0.15) is 31.8 Å². The number of methoxy groups -OCH3 is 1. The van der Waals surface area contributed by atoms with Crippen molar-refractivity contribution in [2.75, 3.05) is 7.11 Å². The zero-order valence-electron chi connectivity index (χ0n) is 11.0. The molecule has 0 unspecified atom stereocenters. The second kappa shape index (κ2) is 6.02. The molecular weight excluding hydrogens is 256 g/mol. The number of hydrogen-bond acceptors (Lipinski definition) is 3. The number of esters is 1. The molecule has 0 radical (unpaired) electrons. The summed E-state index contributed by atoms with van der Waals surface area (Å²) in [6.07, 6.45) is 0.479. The van der Waals surface area contributed by atoms with Gasteiger partial charge in [0.25, 0.3) is 0 Å². The van der Waals surface area contributed by atoms with Gasteiger partial charge in [-0.1, -0.05) is 30.3 Å². The standard InChI is InChI=1S/C16H14O4/c1-20-16(19)14-8-3-2-6-12(14)9-11-5-4-7-13(10-11)15(17)18/h2-8,10H,9H2,1H3,(H,17,18). The first-order valence-electron chi connectivity index (χ1n) is 6.10. The Bertz CT molecular complexity index is 646. The second-order valence-electron chi connectivity index (χ2n) is 4.33. The van der Waals surface area contributed by atoms with Crippen molar-refractivity contribution in [3.05, 3.63) is 70.8 Å². The van der Waals surface area contributed by atoms with Crippen LogP contribution < -0.4 is 0 Å². The van der Waals surface area contributed by atoms with E-state index in [0.29, 0.717) is 12.0 Å². The van der Waals surface area contributed by atoms with Gasteiger partial charge in [-0.05, 0) is 35.7 Å². The average molecular weight is 270 g/mol. The molecule has 0 fully saturated rings. The van der Waals surface area contributed by atoms with E-state index >= 15 is 0 Å². The fourth-order valence-electron chi connectivity index (χ4n) is 2.02. The Balaban J connectivity index is 2.33. The van der Waals surface area contributed by atoms with Crippen molar-refractivity contribution < 1.29 is 19.4 Å². The van der Waals surface area contributed by atoms with Crippen molar-refractivity contribution in [1.82, 2.24) is 0 Å². The van der Waals surface area contributed by atoms with Crippen molar-refractivity contribution in [2.45, 2.75) is 6.42 Å². The molecule has 0 heterocycles. The molecule has 102 valence electrons. The van der Waals surface area contributed by atoms with Gasteiger partial charge in [-0.15, -0.1) is 0 Å². The number of hydrogen-bond donors (Lipinski definition) is 1. The fourth-order valence-corrected chi connectivity index (χ4v) is 2.02. The molecule has 2 aromatic rings. The molecular formula is C16H14O4. The molecule has 2 aromatic carbocycles. The van der Waals surface area contributed by atoms with E-state index < -0.39 is 11.9 Å². The number of carboxylic acid groups (broad SMARTS) is 1. The average Bonchev–Trinajstić information content (AvgIpc) is 2.47. The van der Waals surface area contributed by atoms with Gasteiger partial charge in [-0.2, -0.15) is 0 Å². The van der Waals surface area contributed by atoms with E-state index in [1.807, 2.05) is 18.2 Å². The van der Waals surface area contributed by atoms with Crippen LogP contribution in [0.5, 0.6) is 0 Å². The molecule has 1 N–H and O–H groups in total. The molecule has 0 amide bonds. The molecule has 4 nitrogen and oxygen atoms in total. The number of rotatable bonds is 4. The third-order valence-corrected chi connectivity index (χ3v) is 2.99. The predicted octanol–water partition coefficient (Wildman–Crippen LogP) is 2.76. The van der Waals surface area contributed by atoms with Crippen LogP contribution >= 0.6 is 0 Å². The third kappa shape index (κ3) is 3.03. The van der Waals surface area contributed by atoms with Gasteiger partial charge < -0.3 is 9.84 Å². The summed E-state index contributed by atoms with van der Waals surface area (Å²) in [5.74, 6) is -1.36. The summed E-state index contributed by atoms with van der Waals surface area (Å²) in [6, 6.07) is 13.8. The summed E-state index contributed by atoms with van der Waals surface area (Å²) in [6.45, 7) is 0. The Morgan fingerprint density at radius 1 is 1.10 bits per heavy atom. The smallest absolute Gasteiger partial charge is 0.338 e. The van der Waals surface area contributed by atoms with Gasteiger partial charge in [0.1, 0.15) is 0 Å². The third-order valence-electron chi connectivity index (χ3n) is 2.99. The number of aromatic carboxylic acids is 1. The van der Waals surface area contributed by atoms with E-state index in [1.54, 1.807) is 24.3 Å². The van der Waals surface area contributed by atoms with Crippen molar-refractivity contribution in [3.63, 3.8) is 0 Å². The highest BCUT2D eigenvalue weighted by Gasteiger charge is 2.12. The van der Waals surface area contributed by atoms with Crippen molar-refractivity contribution >= 4 is 11.9 Å². The summed E-state index contributed by atoms with van der Waals surface area (Å²) in [5.41, 5.74) is 2.37. The molecule has 0 aliphatic carbocycles. The lowest BCUT2D eigenvalue weighted by Crippen LogP contribution is -2.06. The Morgan fingerprint density at radius 3 is 2.55 bits per heavy atom. The molecule has 0 aromatic heterocycles. The van der Waals surface area contributed by atoms with Crippen LogP contribution in [0, 0.1) is 0 Å². The van der Waals surface area contributed by atoms with Crippen LogP contribution in [-0.4, -0.2) is 24.2 Å². The zero-order chi connectivity index (χ0) is 14.5. The van der Waals surface area contributed by atoms with E-state index in [-0.39, 0.29) is 5.56 Å². The summed E-state index contributed by atoms with van der Waals surface area (Å²) in [4.78, 5) is 22.6. The maximum atomic E-state index is 11.7. The monoisotopic (exact) mass is 270 g/mol. The fraction of sp³-hybridized carbons (Fsp3) is 0.125. The largest absolute Gasteiger partial charge is 0.478 e. The normalized spacial score (nSPS) is 10.1. The van der Waals surface area contributed by atoms with E-state index in [1.165, 1.54) is 13.2 Å². The highest BCUT2D eigenvalue weighted by atomic mass is 16.5. The van der Waals surface area contributed by atoms with Crippen molar-refractivity contribution in [1.29, 1.82) is 0 Å². The maximum absolute atomic E-state index is 11.7. The maximum Gasteiger partial charge on any atom is 0.338 e. The Kier molecular flexibility index (Phi) is 4.15. The van der Waals surface area contributed by atoms with E-state index in [4.69, 9.17) is 9.84 Å². The minimum absolute atomic E-state index is 0.234. The van der Waals surface area contributed by atoms with Crippen LogP contribution in [-0.2, 0) is 11.2 Å². The lowest BCUT2D eigenvalue weighted by atomic mass is 9.98. The van der Waals surface area contributed by atoms with Gasteiger partial charge >= 0.3 is 11.9 Å². The number of ether oxygens (including phenoxy) is 1. The molecule has 2 rings (SSSR count). The van der Waals surface area contributed by atoms with Crippen LogP contribution in [0.4, 0.5) is 0 Å². The molecule has 0 spiro atoms. The van der Waals surface area contributed by atoms with Gasteiger partial charge in [0.15, 0.2) is 0 Å². The van der Waals surface area contributed by atoms with E-state index in [2.05, 4.69) is 0 Å². The zero-order valence-corrected chi connectivity index (χ0v) is 11.0. The molecule has 4 heteroatoms. The number of benzene rings is 2. The lowest BCUT2D eigenvalue weighted by Gasteiger charge is -2.08. The lowest BCUT2D eigenvalue weighted by molar-refractivity contribution is 0.0598. The highest BCUT2D eigenvalue weighted by Crippen LogP contribution is 2.16. The molecule has 0 aliphatic rings. The van der Waals surface area contributed by atoms with Crippen LogP contribution in [0.15, 0.2) is 48.5 Å². The minimum Gasteiger partial charge on any atom is -0.478 e. The molecule has 0 saturated carbocycles. The van der Waals surface area contributed by atoms with Gasteiger partial charge in [0.05, 0.1) is 18.2 Å². The van der Waals surface area contributed by atoms with Gasteiger partial charge in [-0.25, -0.2) is 9.59 Å². The SMILES string of the molecule is COC(=O)c1ccccc1Cc1cccc(C(=O)O)c1. The van der Waals surface area contributed by atoms with E-state index in [0.717, 1.165) is 11.1 Å². The number of carboxylic acids is 1. The van der Waals surface area contributed by atoms with E-state index in [9.17, 15) is 9.59 Å². The Labute approximate surface area is 116 Å². The predicted molar refractivity (Wildman–Crippen MR) is 74.0 cm³/mol. The first-order chi connectivity index (χ1) is 9.61. The van der Waals surface area contributed by atoms with Crippen LogP contribution in [0.2, 0.25) is 0 Å². The van der Waals surface area contributed by atoms with Gasteiger partial charge in [0, 0.05) is 0 Å². The second-order valence-corrected chi connectivity index (χ2v) is 4.33. The molecule has 20 heavy (non-hydrogen) atoms. The van der Waals surface area contributed by atoms with Crippen molar-refractivity contribution in [2.24, 2.45) is 0 Å². The number of carbonyl (C=O) groups excluding carboxylic acids is 1. The minimum atomic E-state index is -0.965. The highest BCUT2D eigenvalue weighted by molar-refractivity contribution is 5.91. The first-order valence-corrected chi connectivity index (χ1v) is 6.10. The number of carbonyl (C=O) groups is 2. The van der Waals surface area contributed by atoms with Gasteiger partial charge in [0.2, 0.25) is 0 Å². The van der Waals surface area contributed by atoms with Crippen LogP contribution in [0.25, 0.3) is 0 Å². The molecule has 0 saturated heterocycles. The Morgan fingerprint density at radius 2 is 1.85 bits per heavy atom. The topological polar surface area (TPSA) is 63.6 Å².